The maximum atomic E-state index is 5.69. The number of nitrogens with zero attached hydrogens (tertiary/aromatic N) is 1. The van der Waals surface area contributed by atoms with Gasteiger partial charge in [-0.15, -0.1) is 0 Å². The summed E-state index contributed by atoms with van der Waals surface area (Å²) in [5, 5.41) is 0. The van der Waals surface area contributed by atoms with E-state index in [9.17, 15) is 0 Å². The van der Waals surface area contributed by atoms with Crippen molar-refractivity contribution in [3.63, 3.8) is 0 Å². The third-order valence-corrected chi connectivity index (χ3v) is 4.49. The molecule has 0 radical (unpaired) electrons. The second-order valence-electron chi connectivity index (χ2n) is 5.89. The number of nitrogens with two attached hydrogens (primary N) is 1. The molecule has 3 heteroatoms. The average molecular weight is 276 g/mol. The van der Waals surface area contributed by atoms with Crippen molar-refractivity contribution in [2.24, 2.45) is 11.7 Å². The van der Waals surface area contributed by atoms with E-state index in [2.05, 4.69) is 31.0 Å². The van der Waals surface area contributed by atoms with E-state index in [1.807, 2.05) is 12.1 Å². The van der Waals surface area contributed by atoms with Gasteiger partial charge in [0.25, 0.3) is 0 Å². The fourth-order valence-corrected chi connectivity index (χ4v) is 3.05. The van der Waals surface area contributed by atoms with Crippen LogP contribution >= 0.6 is 12.2 Å². The van der Waals surface area contributed by atoms with Crippen molar-refractivity contribution in [3.05, 3.63) is 35.4 Å². The van der Waals surface area contributed by atoms with Gasteiger partial charge < -0.3 is 5.73 Å². The summed E-state index contributed by atoms with van der Waals surface area (Å²) >= 11 is 5.04. The van der Waals surface area contributed by atoms with Gasteiger partial charge in [0, 0.05) is 18.2 Å². The van der Waals surface area contributed by atoms with Crippen molar-refractivity contribution in [2.45, 2.75) is 45.2 Å². The second-order valence-corrected chi connectivity index (χ2v) is 6.33. The van der Waals surface area contributed by atoms with Gasteiger partial charge in [0.1, 0.15) is 4.99 Å². The molecule has 104 valence electrons. The molecule has 2 nitrogen and oxygen atoms in total. The Morgan fingerprint density at radius 2 is 2.00 bits per heavy atom. The highest BCUT2D eigenvalue weighted by Gasteiger charge is 2.21. The summed E-state index contributed by atoms with van der Waals surface area (Å²) in [5.74, 6) is 0.905. The first kappa shape index (κ1) is 14.5. The van der Waals surface area contributed by atoms with Crippen LogP contribution in [0.2, 0.25) is 0 Å². The molecule has 1 aromatic rings. The van der Waals surface area contributed by atoms with E-state index in [1.165, 1.54) is 31.2 Å². The molecule has 19 heavy (non-hydrogen) atoms. The van der Waals surface area contributed by atoms with Gasteiger partial charge >= 0.3 is 0 Å². The van der Waals surface area contributed by atoms with Crippen LogP contribution in [0, 0.1) is 5.92 Å². The Morgan fingerprint density at radius 1 is 1.32 bits per heavy atom. The summed E-state index contributed by atoms with van der Waals surface area (Å²) in [6, 6.07) is 9.02. The van der Waals surface area contributed by atoms with Crippen molar-refractivity contribution in [3.8, 4) is 0 Å². The third kappa shape index (κ3) is 4.02. The van der Waals surface area contributed by atoms with Crippen molar-refractivity contribution < 1.29 is 0 Å². The normalized spacial score (nSPS) is 23.5. The SMILES string of the molecule is CC1CCC(N(C)Cc2cccc(C(N)=S)c2)CC1. The number of rotatable bonds is 4. The van der Waals surface area contributed by atoms with E-state index in [4.69, 9.17) is 18.0 Å². The van der Waals surface area contributed by atoms with Crippen molar-refractivity contribution in [2.75, 3.05) is 7.05 Å². The monoisotopic (exact) mass is 276 g/mol. The minimum absolute atomic E-state index is 0.482. The lowest BCUT2D eigenvalue weighted by molar-refractivity contribution is 0.164. The Hall–Kier alpha value is -0.930. The molecule has 1 aliphatic rings. The Labute approximate surface area is 122 Å². The number of benzene rings is 1. The first-order valence-corrected chi connectivity index (χ1v) is 7.56. The molecule has 1 saturated carbocycles. The second kappa shape index (κ2) is 6.49. The maximum absolute atomic E-state index is 5.69. The third-order valence-electron chi connectivity index (χ3n) is 4.25. The van der Waals surface area contributed by atoms with Crippen molar-refractivity contribution >= 4 is 17.2 Å². The van der Waals surface area contributed by atoms with Crippen LogP contribution in [0.1, 0.15) is 43.7 Å². The lowest BCUT2D eigenvalue weighted by Crippen LogP contribution is -2.34. The highest BCUT2D eigenvalue weighted by atomic mass is 32.1. The fourth-order valence-electron chi connectivity index (χ4n) is 2.92. The highest BCUT2D eigenvalue weighted by Crippen LogP contribution is 2.27. The molecule has 1 aromatic carbocycles. The van der Waals surface area contributed by atoms with Crippen LogP contribution in [0.25, 0.3) is 0 Å². The summed E-state index contributed by atoms with van der Waals surface area (Å²) in [7, 11) is 2.23. The molecule has 0 amide bonds. The van der Waals surface area contributed by atoms with Crippen LogP contribution in [0.3, 0.4) is 0 Å². The average Bonchev–Trinajstić information content (AvgIpc) is 2.39. The number of thiocarbonyl (C=S) groups is 1. The molecule has 1 fully saturated rings. The van der Waals surface area contributed by atoms with Crippen LogP contribution in [-0.2, 0) is 6.54 Å². The molecule has 0 unspecified atom stereocenters. The molecule has 0 bridgehead atoms. The first-order chi connectivity index (χ1) is 9.06. The molecule has 2 N–H and O–H groups in total. The van der Waals surface area contributed by atoms with Gasteiger partial charge in [0.15, 0.2) is 0 Å². The standard InChI is InChI=1S/C16H24N2S/c1-12-6-8-15(9-7-12)18(2)11-13-4-3-5-14(10-13)16(17)19/h3-5,10,12,15H,6-9,11H2,1-2H3,(H2,17,19). The molecule has 0 aromatic heterocycles. The van der Waals surface area contributed by atoms with Gasteiger partial charge in [-0.1, -0.05) is 37.3 Å². The van der Waals surface area contributed by atoms with E-state index < -0.39 is 0 Å². The Bertz CT molecular complexity index is 436. The molecule has 2 rings (SSSR count). The topological polar surface area (TPSA) is 29.3 Å². The van der Waals surface area contributed by atoms with E-state index in [-0.39, 0.29) is 0 Å². The van der Waals surface area contributed by atoms with Gasteiger partial charge in [-0.25, -0.2) is 0 Å². The fraction of sp³-hybridized carbons (Fsp3) is 0.562. The van der Waals surface area contributed by atoms with Gasteiger partial charge in [0.2, 0.25) is 0 Å². The predicted octanol–water partition coefficient (Wildman–Crippen LogP) is 3.33. The minimum atomic E-state index is 0.482. The molecular formula is C16H24N2S. The van der Waals surface area contributed by atoms with Gasteiger partial charge in [-0.3, -0.25) is 4.90 Å². The molecule has 0 heterocycles. The molecular weight excluding hydrogens is 252 g/mol. The van der Waals surface area contributed by atoms with Crippen LogP contribution in [0.15, 0.2) is 24.3 Å². The summed E-state index contributed by atoms with van der Waals surface area (Å²) in [5.41, 5.74) is 7.96. The lowest BCUT2D eigenvalue weighted by atomic mass is 9.86. The number of hydrogen-bond acceptors (Lipinski definition) is 2. The summed E-state index contributed by atoms with van der Waals surface area (Å²) in [6.07, 6.45) is 5.38. The summed E-state index contributed by atoms with van der Waals surface area (Å²) < 4.78 is 0. The minimum Gasteiger partial charge on any atom is -0.389 e. The van der Waals surface area contributed by atoms with E-state index >= 15 is 0 Å². The molecule has 0 spiro atoms. The van der Waals surface area contributed by atoms with E-state index in [0.29, 0.717) is 4.99 Å². The number of hydrogen-bond donors (Lipinski definition) is 1. The predicted molar refractivity (Wildman–Crippen MR) is 85.2 cm³/mol. The van der Waals surface area contributed by atoms with Gasteiger partial charge in [-0.05, 0) is 50.3 Å². The summed E-state index contributed by atoms with van der Waals surface area (Å²) in [4.78, 5) is 2.96. The van der Waals surface area contributed by atoms with Crippen LogP contribution in [0.4, 0.5) is 0 Å². The Morgan fingerprint density at radius 3 is 2.63 bits per heavy atom. The van der Waals surface area contributed by atoms with Gasteiger partial charge in [-0.2, -0.15) is 0 Å². The first-order valence-electron chi connectivity index (χ1n) is 7.15. The zero-order valence-electron chi connectivity index (χ0n) is 11.9. The zero-order chi connectivity index (χ0) is 13.8. The summed E-state index contributed by atoms with van der Waals surface area (Å²) in [6.45, 7) is 3.34. The van der Waals surface area contributed by atoms with Crippen LogP contribution in [-0.4, -0.2) is 23.0 Å². The quantitative estimate of drug-likeness (QED) is 0.855. The molecule has 0 aliphatic heterocycles. The molecule has 0 saturated heterocycles. The van der Waals surface area contributed by atoms with Crippen molar-refractivity contribution in [1.29, 1.82) is 0 Å². The van der Waals surface area contributed by atoms with E-state index in [0.717, 1.165) is 24.1 Å². The van der Waals surface area contributed by atoms with Crippen LogP contribution < -0.4 is 5.73 Å². The van der Waals surface area contributed by atoms with Crippen LogP contribution in [0.5, 0.6) is 0 Å². The van der Waals surface area contributed by atoms with E-state index in [1.54, 1.807) is 0 Å². The zero-order valence-corrected chi connectivity index (χ0v) is 12.7. The largest absolute Gasteiger partial charge is 0.389 e. The van der Waals surface area contributed by atoms with Gasteiger partial charge in [0.05, 0.1) is 0 Å². The Kier molecular flexibility index (Phi) is 4.94. The molecule has 0 atom stereocenters. The molecule has 1 aliphatic carbocycles. The Balaban J connectivity index is 1.96. The maximum Gasteiger partial charge on any atom is 0.103 e. The van der Waals surface area contributed by atoms with Crippen molar-refractivity contribution in [1.82, 2.24) is 4.90 Å². The smallest absolute Gasteiger partial charge is 0.103 e. The lowest BCUT2D eigenvalue weighted by Gasteiger charge is -2.33. The highest BCUT2D eigenvalue weighted by molar-refractivity contribution is 7.80.